The maximum absolute atomic E-state index is 11.9. The first-order chi connectivity index (χ1) is 11.8. The van der Waals surface area contributed by atoms with E-state index in [1.54, 1.807) is 28.0 Å². The molecule has 8 heteroatoms. The van der Waals surface area contributed by atoms with Crippen molar-refractivity contribution >= 4 is 21.4 Å². The first kappa shape index (κ1) is 18.4. The summed E-state index contributed by atoms with van der Waals surface area (Å²) in [5, 5.41) is 1.10. The highest BCUT2D eigenvalue weighted by Gasteiger charge is 2.30. The maximum Gasteiger partial charge on any atom is 0.211 e. The molecule has 2 aromatic rings. The number of hydrogen-bond acceptors (Lipinski definition) is 6. The Kier molecular flexibility index (Phi) is 5.50. The highest BCUT2D eigenvalue weighted by molar-refractivity contribution is 7.88. The Balaban J connectivity index is 1.89. The number of nitrogens with zero attached hydrogens (tertiary/aromatic N) is 4. The first-order valence-electron chi connectivity index (χ1n) is 8.55. The second-order valence-electron chi connectivity index (χ2n) is 6.97. The van der Waals surface area contributed by atoms with E-state index in [2.05, 4.69) is 28.8 Å². The molecule has 0 spiro atoms. The fraction of sp³-hybridized carbons (Fsp3) is 0.588. The van der Waals surface area contributed by atoms with Crippen molar-refractivity contribution in [3.8, 4) is 10.6 Å². The highest BCUT2D eigenvalue weighted by Crippen LogP contribution is 2.34. The van der Waals surface area contributed by atoms with Gasteiger partial charge >= 0.3 is 0 Å². The Labute approximate surface area is 153 Å². The molecule has 1 aliphatic heterocycles. The molecule has 0 bridgehead atoms. The lowest BCUT2D eigenvalue weighted by Crippen LogP contribution is -2.38. The van der Waals surface area contributed by atoms with E-state index in [0.29, 0.717) is 19.0 Å². The van der Waals surface area contributed by atoms with Gasteiger partial charge in [0.05, 0.1) is 21.8 Å². The smallest absolute Gasteiger partial charge is 0.211 e. The molecule has 0 aliphatic carbocycles. The topological polar surface area (TPSA) is 76.1 Å². The van der Waals surface area contributed by atoms with Gasteiger partial charge in [-0.25, -0.2) is 17.7 Å². The average molecular weight is 381 g/mol. The monoisotopic (exact) mass is 380 g/mol. The van der Waals surface area contributed by atoms with Crippen LogP contribution in [0.25, 0.3) is 10.6 Å². The minimum absolute atomic E-state index is 0.0721. The van der Waals surface area contributed by atoms with Gasteiger partial charge in [-0.15, -0.1) is 11.3 Å². The van der Waals surface area contributed by atoms with Gasteiger partial charge in [0.1, 0.15) is 5.69 Å². The van der Waals surface area contributed by atoms with E-state index in [0.717, 1.165) is 40.5 Å². The van der Waals surface area contributed by atoms with Gasteiger partial charge in [-0.1, -0.05) is 13.8 Å². The number of thiazole rings is 1. The van der Waals surface area contributed by atoms with Gasteiger partial charge in [0.15, 0.2) is 0 Å². The quantitative estimate of drug-likeness (QED) is 0.797. The Hall–Kier alpha value is -1.38. The van der Waals surface area contributed by atoms with Crippen LogP contribution in [0.3, 0.4) is 0 Å². The summed E-state index contributed by atoms with van der Waals surface area (Å²) in [4.78, 5) is 14.6. The molecular formula is C17H24N4O2S2. The average Bonchev–Trinajstić information content (AvgIpc) is 3.02. The molecule has 1 aliphatic rings. The van der Waals surface area contributed by atoms with Crippen LogP contribution >= 0.6 is 11.3 Å². The van der Waals surface area contributed by atoms with Crippen LogP contribution in [0.15, 0.2) is 18.6 Å². The van der Waals surface area contributed by atoms with Crippen LogP contribution in [0.5, 0.6) is 0 Å². The maximum atomic E-state index is 11.9. The number of hydrogen-bond donors (Lipinski definition) is 0. The molecule has 2 aromatic heterocycles. The van der Waals surface area contributed by atoms with Crippen LogP contribution < -0.4 is 0 Å². The van der Waals surface area contributed by atoms with Gasteiger partial charge in [-0.3, -0.25) is 9.97 Å². The molecular weight excluding hydrogens is 356 g/mol. The molecule has 0 aromatic carbocycles. The summed E-state index contributed by atoms with van der Waals surface area (Å²) >= 11 is 1.65. The van der Waals surface area contributed by atoms with Crippen LogP contribution in [-0.2, 0) is 16.4 Å². The third-order valence-corrected chi connectivity index (χ3v) is 6.63. The lowest BCUT2D eigenvalue weighted by molar-refractivity contribution is 0.314. The summed E-state index contributed by atoms with van der Waals surface area (Å²) in [5.41, 5.74) is 1.73. The molecule has 3 rings (SSSR count). The summed E-state index contributed by atoms with van der Waals surface area (Å²) in [6, 6.07) is 0. The van der Waals surface area contributed by atoms with Gasteiger partial charge in [0, 0.05) is 44.0 Å². The first-order valence-corrected chi connectivity index (χ1v) is 11.2. The number of sulfonamides is 1. The molecule has 25 heavy (non-hydrogen) atoms. The van der Waals surface area contributed by atoms with Crippen LogP contribution in [0, 0.1) is 5.92 Å². The van der Waals surface area contributed by atoms with Crippen molar-refractivity contribution in [1.29, 1.82) is 0 Å². The Morgan fingerprint density at radius 1 is 1.28 bits per heavy atom. The van der Waals surface area contributed by atoms with E-state index in [9.17, 15) is 8.42 Å². The third kappa shape index (κ3) is 4.43. The molecule has 1 saturated heterocycles. The Morgan fingerprint density at radius 3 is 2.76 bits per heavy atom. The van der Waals surface area contributed by atoms with E-state index in [1.165, 1.54) is 6.26 Å². The number of piperidine rings is 1. The van der Waals surface area contributed by atoms with E-state index >= 15 is 0 Å². The van der Waals surface area contributed by atoms with Gasteiger partial charge in [0.2, 0.25) is 10.0 Å². The standard InChI is InChI=1S/C17H24N4O2S2/c1-12(2)9-15-20-10-14(24-15)17-16(18-6-7-19-17)13-5-4-8-21(11-13)25(3,22)23/h6-7,10,12-13H,4-5,8-9,11H2,1-3H3. The second-order valence-corrected chi connectivity index (χ2v) is 10.1. The predicted octanol–water partition coefficient (Wildman–Crippen LogP) is 2.94. The predicted molar refractivity (Wildman–Crippen MR) is 100 cm³/mol. The van der Waals surface area contributed by atoms with Crippen LogP contribution in [0.2, 0.25) is 0 Å². The Morgan fingerprint density at radius 2 is 2.04 bits per heavy atom. The fourth-order valence-corrected chi connectivity index (χ4v) is 5.21. The number of rotatable bonds is 5. The largest absolute Gasteiger partial charge is 0.257 e. The van der Waals surface area contributed by atoms with Crippen molar-refractivity contribution in [2.75, 3.05) is 19.3 Å². The molecule has 1 atom stereocenters. The van der Waals surface area contributed by atoms with E-state index < -0.39 is 10.0 Å². The van der Waals surface area contributed by atoms with Gasteiger partial charge in [-0.2, -0.15) is 0 Å². The molecule has 136 valence electrons. The fourth-order valence-electron chi connectivity index (χ4n) is 3.17. The third-order valence-electron chi connectivity index (χ3n) is 4.34. The molecule has 1 fully saturated rings. The van der Waals surface area contributed by atoms with Crippen molar-refractivity contribution in [2.24, 2.45) is 5.92 Å². The molecule has 0 amide bonds. The highest BCUT2D eigenvalue weighted by atomic mass is 32.2. The molecule has 0 N–H and O–H groups in total. The van der Waals surface area contributed by atoms with Crippen LogP contribution in [0.4, 0.5) is 0 Å². The van der Waals surface area contributed by atoms with Crippen molar-refractivity contribution in [3.63, 3.8) is 0 Å². The molecule has 0 saturated carbocycles. The van der Waals surface area contributed by atoms with Crippen molar-refractivity contribution in [1.82, 2.24) is 19.3 Å². The zero-order chi connectivity index (χ0) is 18.0. The number of aromatic nitrogens is 3. The SMILES string of the molecule is CC(C)Cc1ncc(-c2nccnc2C2CCCN(S(C)(=O)=O)C2)s1. The zero-order valence-corrected chi connectivity index (χ0v) is 16.5. The van der Waals surface area contributed by atoms with Crippen molar-refractivity contribution < 1.29 is 8.42 Å². The summed E-state index contributed by atoms with van der Waals surface area (Å²) < 4.78 is 25.4. The van der Waals surface area contributed by atoms with Crippen LogP contribution in [0.1, 0.15) is 43.3 Å². The van der Waals surface area contributed by atoms with Gasteiger partial charge in [-0.05, 0) is 18.8 Å². The summed E-state index contributed by atoms with van der Waals surface area (Å²) in [7, 11) is -3.18. The lowest BCUT2D eigenvalue weighted by atomic mass is 9.94. The van der Waals surface area contributed by atoms with E-state index in [-0.39, 0.29) is 5.92 Å². The van der Waals surface area contributed by atoms with Gasteiger partial charge < -0.3 is 0 Å². The zero-order valence-electron chi connectivity index (χ0n) is 14.8. The normalized spacial score (nSPS) is 19.4. The van der Waals surface area contributed by atoms with E-state index in [1.807, 2.05) is 6.20 Å². The van der Waals surface area contributed by atoms with Crippen molar-refractivity contribution in [3.05, 3.63) is 29.3 Å². The van der Waals surface area contributed by atoms with E-state index in [4.69, 9.17) is 0 Å². The molecule has 0 radical (unpaired) electrons. The molecule has 6 nitrogen and oxygen atoms in total. The minimum Gasteiger partial charge on any atom is -0.257 e. The molecule has 1 unspecified atom stereocenters. The Bertz CT molecular complexity index is 833. The van der Waals surface area contributed by atoms with Crippen LogP contribution in [-0.4, -0.2) is 47.0 Å². The van der Waals surface area contributed by atoms with Crippen molar-refractivity contribution in [2.45, 2.75) is 39.0 Å². The summed E-state index contributed by atoms with van der Waals surface area (Å²) in [5.74, 6) is 0.629. The summed E-state index contributed by atoms with van der Waals surface area (Å²) in [6.45, 7) is 5.42. The minimum atomic E-state index is -3.18. The second kappa shape index (κ2) is 7.47. The summed E-state index contributed by atoms with van der Waals surface area (Å²) in [6.07, 6.45) is 9.24. The van der Waals surface area contributed by atoms with Gasteiger partial charge in [0.25, 0.3) is 0 Å². The lowest BCUT2D eigenvalue weighted by Gasteiger charge is -2.31. The molecule has 3 heterocycles.